The topological polar surface area (TPSA) is 57.6 Å². The van der Waals surface area contributed by atoms with Gasteiger partial charge in [-0.25, -0.2) is 0 Å². The van der Waals surface area contributed by atoms with Gasteiger partial charge in [0.15, 0.2) is 0 Å². The summed E-state index contributed by atoms with van der Waals surface area (Å²) in [6.07, 6.45) is 1.75. The molecule has 1 rings (SSSR count). The summed E-state index contributed by atoms with van der Waals surface area (Å²) in [6.45, 7) is 2.78. The fourth-order valence-corrected chi connectivity index (χ4v) is 2.14. The molecule has 1 aromatic carbocycles. The predicted molar refractivity (Wildman–Crippen MR) is 78.6 cm³/mol. The summed E-state index contributed by atoms with van der Waals surface area (Å²) in [4.78, 5) is 24.1. The first kappa shape index (κ1) is 16.2. The lowest BCUT2D eigenvalue weighted by molar-refractivity contribution is -0.137. The molecular formula is C16H23NO3. The van der Waals surface area contributed by atoms with Crippen LogP contribution in [0.15, 0.2) is 30.3 Å². The first-order chi connectivity index (χ1) is 9.50. The van der Waals surface area contributed by atoms with E-state index in [9.17, 15) is 9.59 Å². The van der Waals surface area contributed by atoms with E-state index < -0.39 is 5.97 Å². The van der Waals surface area contributed by atoms with E-state index in [1.54, 1.807) is 11.9 Å². The van der Waals surface area contributed by atoms with Gasteiger partial charge in [-0.15, -0.1) is 0 Å². The normalized spacial score (nSPS) is 11.9. The molecule has 1 unspecified atom stereocenters. The molecule has 0 aliphatic carbocycles. The molecule has 4 heteroatoms. The van der Waals surface area contributed by atoms with Gasteiger partial charge in [-0.1, -0.05) is 37.3 Å². The van der Waals surface area contributed by atoms with Gasteiger partial charge in [0, 0.05) is 26.4 Å². The molecule has 0 aliphatic heterocycles. The number of hydrogen-bond donors (Lipinski definition) is 1. The zero-order chi connectivity index (χ0) is 15.0. The van der Waals surface area contributed by atoms with Crippen LogP contribution in [0, 0.1) is 0 Å². The van der Waals surface area contributed by atoms with Crippen molar-refractivity contribution in [3.05, 3.63) is 35.9 Å². The lowest BCUT2D eigenvalue weighted by atomic mass is 10.0. The summed E-state index contributed by atoms with van der Waals surface area (Å²) < 4.78 is 0. The number of carbonyl (C=O) groups is 2. The minimum Gasteiger partial charge on any atom is -0.481 e. The van der Waals surface area contributed by atoms with Crippen LogP contribution in [0.25, 0.3) is 0 Å². The van der Waals surface area contributed by atoms with Crippen LogP contribution >= 0.6 is 0 Å². The molecule has 0 radical (unpaired) electrons. The van der Waals surface area contributed by atoms with Gasteiger partial charge in [-0.2, -0.15) is 0 Å². The van der Waals surface area contributed by atoms with Gasteiger partial charge in [0.2, 0.25) is 5.91 Å². The lowest BCUT2D eigenvalue weighted by Crippen LogP contribution is -2.30. The van der Waals surface area contributed by atoms with Crippen LogP contribution in [0.3, 0.4) is 0 Å². The second kappa shape index (κ2) is 8.35. The highest BCUT2D eigenvalue weighted by atomic mass is 16.4. The highest BCUT2D eigenvalue weighted by Crippen LogP contribution is 2.16. The Morgan fingerprint density at radius 1 is 1.15 bits per heavy atom. The fourth-order valence-electron chi connectivity index (χ4n) is 2.14. The van der Waals surface area contributed by atoms with Crippen molar-refractivity contribution in [1.29, 1.82) is 0 Å². The Labute approximate surface area is 120 Å². The summed E-state index contributed by atoms with van der Waals surface area (Å²) in [5.74, 6) is -0.425. The third kappa shape index (κ3) is 5.87. The number of hydrogen-bond acceptors (Lipinski definition) is 2. The summed E-state index contributed by atoms with van der Waals surface area (Å²) in [6, 6.07) is 10.1. The maximum Gasteiger partial charge on any atom is 0.303 e. The van der Waals surface area contributed by atoms with Crippen molar-refractivity contribution in [1.82, 2.24) is 4.90 Å². The molecule has 1 atom stereocenters. The van der Waals surface area contributed by atoms with Crippen LogP contribution < -0.4 is 0 Å². The molecule has 0 saturated carbocycles. The Kier molecular flexibility index (Phi) is 6.77. The van der Waals surface area contributed by atoms with Gasteiger partial charge in [-0.3, -0.25) is 9.59 Å². The third-order valence-corrected chi connectivity index (χ3v) is 3.37. The summed E-state index contributed by atoms with van der Waals surface area (Å²) in [7, 11) is 1.80. The van der Waals surface area contributed by atoms with Gasteiger partial charge in [0.1, 0.15) is 0 Å². The van der Waals surface area contributed by atoms with E-state index in [1.165, 1.54) is 5.56 Å². The van der Waals surface area contributed by atoms with E-state index >= 15 is 0 Å². The Morgan fingerprint density at radius 2 is 1.75 bits per heavy atom. The van der Waals surface area contributed by atoms with Crippen LogP contribution in [-0.4, -0.2) is 35.5 Å². The molecule has 0 saturated heterocycles. The highest BCUT2D eigenvalue weighted by molar-refractivity contribution is 5.76. The zero-order valence-electron chi connectivity index (χ0n) is 12.2. The number of amides is 1. The molecule has 0 heterocycles. The summed E-state index contributed by atoms with van der Waals surface area (Å²) >= 11 is 0. The minimum atomic E-state index is -0.802. The fraction of sp³-hybridized carbons (Fsp3) is 0.500. The van der Waals surface area contributed by atoms with E-state index in [1.807, 2.05) is 18.2 Å². The van der Waals surface area contributed by atoms with Crippen LogP contribution in [0.2, 0.25) is 0 Å². The molecule has 0 spiro atoms. The average Bonchev–Trinajstić information content (AvgIpc) is 2.44. The Morgan fingerprint density at radius 3 is 2.35 bits per heavy atom. The Bertz CT molecular complexity index is 431. The van der Waals surface area contributed by atoms with Crippen LogP contribution in [0.1, 0.15) is 44.1 Å². The quantitative estimate of drug-likeness (QED) is 0.743. The van der Waals surface area contributed by atoms with Gasteiger partial charge >= 0.3 is 5.97 Å². The lowest BCUT2D eigenvalue weighted by Gasteiger charge is -2.22. The van der Waals surface area contributed by atoms with Crippen molar-refractivity contribution >= 4 is 11.9 Å². The number of benzene rings is 1. The zero-order valence-corrected chi connectivity index (χ0v) is 12.2. The second-order valence-electron chi connectivity index (χ2n) is 5.19. The average molecular weight is 277 g/mol. The molecule has 0 fully saturated rings. The molecule has 110 valence electrons. The molecule has 4 nitrogen and oxygen atoms in total. The summed E-state index contributed by atoms with van der Waals surface area (Å²) in [5, 5.41) is 8.54. The maximum absolute atomic E-state index is 11.9. The van der Waals surface area contributed by atoms with Crippen molar-refractivity contribution in [3.8, 4) is 0 Å². The highest BCUT2D eigenvalue weighted by Gasteiger charge is 2.13. The summed E-state index contributed by atoms with van der Waals surface area (Å²) in [5.41, 5.74) is 1.22. The van der Waals surface area contributed by atoms with E-state index in [-0.39, 0.29) is 12.3 Å². The number of likely N-dealkylation sites (N-methyl/N-ethyl adjacent to an activating group) is 1. The molecule has 0 aliphatic rings. The van der Waals surface area contributed by atoms with Gasteiger partial charge < -0.3 is 10.0 Å². The largest absolute Gasteiger partial charge is 0.481 e. The van der Waals surface area contributed by atoms with E-state index in [2.05, 4.69) is 19.1 Å². The van der Waals surface area contributed by atoms with Gasteiger partial charge in [0.05, 0.1) is 0 Å². The van der Waals surface area contributed by atoms with Crippen molar-refractivity contribution in [2.75, 3.05) is 13.6 Å². The molecule has 20 heavy (non-hydrogen) atoms. The smallest absolute Gasteiger partial charge is 0.303 e. The van der Waals surface area contributed by atoms with Crippen molar-refractivity contribution in [3.63, 3.8) is 0 Å². The van der Waals surface area contributed by atoms with E-state index in [0.717, 1.165) is 0 Å². The number of nitrogens with zero attached hydrogens (tertiary/aromatic N) is 1. The van der Waals surface area contributed by atoms with Crippen molar-refractivity contribution < 1.29 is 14.7 Å². The molecule has 0 aromatic heterocycles. The predicted octanol–water partition coefficient (Wildman–Crippen LogP) is 2.89. The maximum atomic E-state index is 11.9. The molecule has 1 aromatic rings. The molecule has 0 bridgehead atoms. The number of carboxylic acids is 1. The van der Waals surface area contributed by atoms with Crippen molar-refractivity contribution in [2.45, 2.75) is 38.5 Å². The van der Waals surface area contributed by atoms with Gasteiger partial charge in [-0.05, 0) is 24.3 Å². The number of aliphatic carboxylic acids is 1. The van der Waals surface area contributed by atoms with Gasteiger partial charge in [0.25, 0.3) is 0 Å². The Balaban J connectivity index is 2.32. The minimum absolute atomic E-state index is 0.0816. The number of carboxylic acid groups (broad SMARTS) is 1. The monoisotopic (exact) mass is 277 g/mol. The molecular weight excluding hydrogens is 254 g/mol. The van der Waals surface area contributed by atoms with Crippen LogP contribution in [-0.2, 0) is 9.59 Å². The van der Waals surface area contributed by atoms with Crippen LogP contribution in [0.5, 0.6) is 0 Å². The second-order valence-corrected chi connectivity index (χ2v) is 5.19. The molecule has 1 amide bonds. The number of rotatable bonds is 8. The standard InChI is InChI=1S/C16H23NO3/c1-13(14-8-4-3-5-9-14)12-17(2)15(18)10-6-7-11-16(19)20/h3-5,8-9,13H,6-7,10-12H2,1-2H3,(H,19,20). The first-order valence-corrected chi connectivity index (χ1v) is 7.01. The third-order valence-electron chi connectivity index (χ3n) is 3.37. The molecule has 1 N–H and O–H groups in total. The number of carbonyl (C=O) groups excluding carboxylic acids is 1. The van der Waals surface area contributed by atoms with Crippen molar-refractivity contribution in [2.24, 2.45) is 0 Å². The van der Waals surface area contributed by atoms with E-state index in [0.29, 0.717) is 31.7 Å². The number of unbranched alkanes of at least 4 members (excludes halogenated alkanes) is 1. The van der Waals surface area contributed by atoms with E-state index in [4.69, 9.17) is 5.11 Å². The Hall–Kier alpha value is -1.84. The van der Waals surface area contributed by atoms with Crippen LogP contribution in [0.4, 0.5) is 0 Å². The first-order valence-electron chi connectivity index (χ1n) is 7.01. The SMILES string of the molecule is CC(CN(C)C(=O)CCCCC(=O)O)c1ccccc1.